The smallest absolute Gasteiger partial charge is 0.140 e. The number of nitrogens with zero attached hydrogens (tertiary/aromatic N) is 2. The molecule has 5 heteroatoms. The zero-order valence-corrected chi connectivity index (χ0v) is 7.38. The van der Waals surface area contributed by atoms with E-state index in [1.807, 2.05) is 0 Å². The Kier molecular flexibility index (Phi) is 2.16. The molecule has 2 rings (SSSR count). The zero-order chi connectivity index (χ0) is 9.97. The molecule has 0 aliphatic rings. The van der Waals surface area contributed by atoms with Crippen LogP contribution in [0.5, 0.6) is 0 Å². The Morgan fingerprint density at radius 3 is 2.93 bits per heavy atom. The van der Waals surface area contributed by atoms with Gasteiger partial charge in [0.05, 0.1) is 0 Å². The fourth-order valence-corrected chi connectivity index (χ4v) is 1.22. The molecule has 0 aliphatic carbocycles. The normalized spacial score (nSPS) is 12.6. The number of nitrogens with one attached hydrogen (secondary N) is 1. The lowest BCUT2D eigenvalue weighted by molar-refractivity contribution is 0.211. The first-order valence-electron chi connectivity index (χ1n) is 4.16. The third-order valence-electron chi connectivity index (χ3n) is 1.96. The molecule has 4 N–H and O–H groups in total. The van der Waals surface area contributed by atoms with Crippen LogP contribution in [-0.2, 0) is 0 Å². The summed E-state index contributed by atoms with van der Waals surface area (Å²) in [4.78, 5) is 10.7. The van der Waals surface area contributed by atoms with Crippen LogP contribution in [0.15, 0.2) is 30.9 Å². The molecule has 0 saturated heterocycles. The van der Waals surface area contributed by atoms with Gasteiger partial charge in [0.15, 0.2) is 0 Å². The number of aromatic nitrogens is 3. The van der Waals surface area contributed by atoms with Gasteiger partial charge in [0.25, 0.3) is 0 Å². The Morgan fingerprint density at radius 2 is 2.29 bits per heavy atom. The van der Waals surface area contributed by atoms with Gasteiger partial charge in [0.1, 0.15) is 11.9 Å². The van der Waals surface area contributed by atoms with Gasteiger partial charge in [-0.05, 0) is 6.07 Å². The van der Waals surface area contributed by atoms with E-state index in [9.17, 15) is 5.11 Å². The van der Waals surface area contributed by atoms with E-state index < -0.39 is 6.10 Å². The van der Waals surface area contributed by atoms with Crippen LogP contribution in [0.4, 0.5) is 5.69 Å². The Morgan fingerprint density at radius 1 is 1.43 bits per heavy atom. The summed E-state index contributed by atoms with van der Waals surface area (Å²) in [6, 6.07) is 1.64. The van der Waals surface area contributed by atoms with Crippen LogP contribution in [-0.4, -0.2) is 20.1 Å². The molecule has 72 valence electrons. The number of imidazole rings is 1. The van der Waals surface area contributed by atoms with Crippen LogP contribution in [0.25, 0.3) is 0 Å². The summed E-state index contributed by atoms with van der Waals surface area (Å²) >= 11 is 0. The highest BCUT2D eigenvalue weighted by atomic mass is 16.3. The maximum absolute atomic E-state index is 9.85. The summed E-state index contributed by atoms with van der Waals surface area (Å²) in [5.41, 5.74) is 6.75. The number of nitrogens with two attached hydrogens (primary N) is 1. The monoisotopic (exact) mass is 190 g/mol. The number of aromatic amines is 1. The summed E-state index contributed by atoms with van der Waals surface area (Å²) in [6.45, 7) is 0. The van der Waals surface area contributed by atoms with Gasteiger partial charge < -0.3 is 15.8 Å². The molecular formula is C9H10N4O. The van der Waals surface area contributed by atoms with E-state index in [-0.39, 0.29) is 0 Å². The van der Waals surface area contributed by atoms with Crippen molar-refractivity contribution in [1.82, 2.24) is 15.0 Å². The highest BCUT2D eigenvalue weighted by Crippen LogP contribution is 2.22. The lowest BCUT2D eigenvalue weighted by Crippen LogP contribution is -2.05. The fourth-order valence-electron chi connectivity index (χ4n) is 1.22. The molecule has 0 saturated carbocycles. The number of anilines is 1. The Hall–Kier alpha value is -1.88. The van der Waals surface area contributed by atoms with Crippen LogP contribution >= 0.6 is 0 Å². The summed E-state index contributed by atoms with van der Waals surface area (Å²) in [6.07, 6.45) is 5.48. The van der Waals surface area contributed by atoms with E-state index >= 15 is 0 Å². The van der Waals surface area contributed by atoms with Crippen molar-refractivity contribution in [2.75, 3.05) is 5.73 Å². The number of pyridine rings is 1. The van der Waals surface area contributed by atoms with Crippen LogP contribution in [0.3, 0.4) is 0 Å². The van der Waals surface area contributed by atoms with Gasteiger partial charge in [-0.3, -0.25) is 4.98 Å². The van der Waals surface area contributed by atoms with Gasteiger partial charge in [-0.15, -0.1) is 0 Å². The number of aliphatic hydroxyl groups excluding tert-OH is 1. The second-order valence-corrected chi connectivity index (χ2v) is 2.88. The van der Waals surface area contributed by atoms with E-state index in [1.54, 1.807) is 24.7 Å². The average Bonchev–Trinajstić information content (AvgIpc) is 2.70. The van der Waals surface area contributed by atoms with Gasteiger partial charge >= 0.3 is 0 Å². The van der Waals surface area contributed by atoms with E-state index in [1.165, 1.54) is 6.20 Å². The topological polar surface area (TPSA) is 87.8 Å². The van der Waals surface area contributed by atoms with Gasteiger partial charge in [-0.25, -0.2) is 4.98 Å². The molecule has 0 amide bonds. The molecule has 0 fully saturated rings. The maximum atomic E-state index is 9.85. The van der Waals surface area contributed by atoms with Gasteiger partial charge in [-0.1, -0.05) is 0 Å². The summed E-state index contributed by atoms with van der Waals surface area (Å²) in [5.74, 6) is 0.463. The largest absolute Gasteiger partial charge is 0.398 e. The highest BCUT2D eigenvalue weighted by molar-refractivity contribution is 5.47. The van der Waals surface area contributed by atoms with E-state index in [0.29, 0.717) is 17.1 Å². The molecule has 2 aromatic heterocycles. The van der Waals surface area contributed by atoms with Crippen molar-refractivity contribution in [3.63, 3.8) is 0 Å². The molecule has 0 bridgehead atoms. The van der Waals surface area contributed by atoms with Gasteiger partial charge in [0, 0.05) is 36.0 Å². The average molecular weight is 190 g/mol. The summed E-state index contributed by atoms with van der Waals surface area (Å²) in [7, 11) is 0. The van der Waals surface area contributed by atoms with Crippen LogP contribution in [0.1, 0.15) is 17.5 Å². The van der Waals surface area contributed by atoms with Gasteiger partial charge in [-0.2, -0.15) is 0 Å². The number of hydrogen-bond donors (Lipinski definition) is 3. The van der Waals surface area contributed by atoms with Crippen molar-refractivity contribution < 1.29 is 5.11 Å². The molecule has 0 radical (unpaired) electrons. The molecule has 2 heterocycles. The number of hydrogen-bond acceptors (Lipinski definition) is 4. The molecular weight excluding hydrogens is 180 g/mol. The van der Waals surface area contributed by atoms with E-state index in [0.717, 1.165) is 0 Å². The number of rotatable bonds is 2. The quantitative estimate of drug-likeness (QED) is 0.642. The molecule has 2 aromatic rings. The molecule has 14 heavy (non-hydrogen) atoms. The minimum absolute atomic E-state index is 0.463. The minimum Gasteiger partial charge on any atom is -0.398 e. The maximum Gasteiger partial charge on any atom is 0.140 e. The fraction of sp³-hybridized carbons (Fsp3) is 0.111. The molecule has 0 aromatic carbocycles. The van der Waals surface area contributed by atoms with Crippen molar-refractivity contribution >= 4 is 5.69 Å². The van der Waals surface area contributed by atoms with Gasteiger partial charge in [0.2, 0.25) is 0 Å². The molecule has 0 spiro atoms. The molecule has 1 atom stereocenters. The van der Waals surface area contributed by atoms with Crippen molar-refractivity contribution in [1.29, 1.82) is 0 Å². The number of nitrogen functional groups attached to an aromatic ring is 1. The lowest BCUT2D eigenvalue weighted by atomic mass is 10.1. The van der Waals surface area contributed by atoms with E-state index in [4.69, 9.17) is 5.73 Å². The van der Waals surface area contributed by atoms with Crippen molar-refractivity contribution in [3.8, 4) is 0 Å². The third kappa shape index (κ3) is 1.45. The van der Waals surface area contributed by atoms with Crippen molar-refractivity contribution in [2.24, 2.45) is 0 Å². The van der Waals surface area contributed by atoms with Crippen LogP contribution in [0.2, 0.25) is 0 Å². The first kappa shape index (κ1) is 8.71. The van der Waals surface area contributed by atoms with Crippen molar-refractivity contribution in [3.05, 3.63) is 42.2 Å². The Labute approximate surface area is 80.6 Å². The molecule has 0 aliphatic heterocycles. The predicted molar refractivity (Wildman–Crippen MR) is 51.3 cm³/mol. The van der Waals surface area contributed by atoms with Crippen LogP contribution < -0.4 is 5.73 Å². The Balaban J connectivity index is 2.37. The minimum atomic E-state index is -0.848. The highest BCUT2D eigenvalue weighted by Gasteiger charge is 2.15. The zero-order valence-electron chi connectivity index (χ0n) is 7.38. The van der Waals surface area contributed by atoms with E-state index in [2.05, 4.69) is 15.0 Å². The van der Waals surface area contributed by atoms with Crippen LogP contribution in [0, 0.1) is 0 Å². The second-order valence-electron chi connectivity index (χ2n) is 2.88. The number of H-pyrrole nitrogens is 1. The van der Waals surface area contributed by atoms with Crippen molar-refractivity contribution in [2.45, 2.75) is 6.10 Å². The first-order chi connectivity index (χ1) is 6.79. The Bertz CT molecular complexity index is 413. The summed E-state index contributed by atoms with van der Waals surface area (Å²) < 4.78 is 0. The number of aliphatic hydroxyl groups is 1. The predicted octanol–water partition coefficient (Wildman–Crippen LogP) is 0.469. The standard InChI is InChI=1S/C9H10N4O/c10-7-1-2-11-5-6(7)8(14)9-12-3-4-13-9/h1-5,8,14H,(H2,10,11)(H,12,13). The third-order valence-corrected chi connectivity index (χ3v) is 1.96. The lowest BCUT2D eigenvalue weighted by Gasteiger charge is -2.09. The first-order valence-corrected chi connectivity index (χ1v) is 4.16. The SMILES string of the molecule is Nc1ccncc1C(O)c1ncc[nH]1. The second kappa shape index (κ2) is 3.47. The summed E-state index contributed by atoms with van der Waals surface area (Å²) in [5, 5.41) is 9.85. The molecule has 5 nitrogen and oxygen atoms in total. The molecule has 1 unspecified atom stereocenters.